The van der Waals surface area contributed by atoms with Gasteiger partial charge in [0, 0.05) is 5.56 Å². The molecular formula is C17H8Cl2F3NO2. The summed E-state index contributed by atoms with van der Waals surface area (Å²) < 4.78 is 40.1. The summed E-state index contributed by atoms with van der Waals surface area (Å²) in [6, 6.07) is 10.6. The van der Waals surface area contributed by atoms with E-state index in [9.17, 15) is 23.2 Å². The molecule has 2 aromatic rings. The van der Waals surface area contributed by atoms with Gasteiger partial charge in [-0.15, -0.1) is 13.2 Å². The van der Waals surface area contributed by atoms with E-state index in [1.807, 2.05) is 0 Å². The number of Topliss-reactive ketones (excluding diaryl/α,β-unsaturated/α-hetero) is 1. The van der Waals surface area contributed by atoms with Gasteiger partial charge in [-0.1, -0.05) is 29.3 Å². The van der Waals surface area contributed by atoms with Gasteiger partial charge in [-0.05, 0) is 48.0 Å². The average molecular weight is 386 g/mol. The molecule has 0 radical (unpaired) electrons. The van der Waals surface area contributed by atoms with Gasteiger partial charge in [0.1, 0.15) is 17.4 Å². The van der Waals surface area contributed by atoms with Crippen LogP contribution in [0, 0.1) is 11.3 Å². The first-order valence-electron chi connectivity index (χ1n) is 6.67. The Morgan fingerprint density at radius 1 is 1.08 bits per heavy atom. The van der Waals surface area contributed by atoms with Crippen LogP contribution in [0.3, 0.4) is 0 Å². The highest BCUT2D eigenvalue weighted by Crippen LogP contribution is 2.25. The molecular weight excluding hydrogens is 378 g/mol. The number of ether oxygens (including phenoxy) is 1. The molecule has 0 unspecified atom stereocenters. The second-order valence-corrected chi connectivity index (χ2v) is 5.56. The van der Waals surface area contributed by atoms with Crippen LogP contribution in [0.15, 0.2) is 48.0 Å². The van der Waals surface area contributed by atoms with Gasteiger partial charge in [0.15, 0.2) is 0 Å². The van der Waals surface area contributed by atoms with E-state index in [1.165, 1.54) is 18.2 Å². The Labute approximate surface area is 150 Å². The number of rotatable bonds is 4. The highest BCUT2D eigenvalue weighted by molar-refractivity contribution is 6.42. The fourth-order valence-electron chi connectivity index (χ4n) is 1.88. The number of nitriles is 1. The topological polar surface area (TPSA) is 50.1 Å². The molecule has 8 heteroatoms. The van der Waals surface area contributed by atoms with Crippen molar-refractivity contribution in [1.29, 1.82) is 5.26 Å². The fourth-order valence-corrected chi connectivity index (χ4v) is 2.19. The summed E-state index contributed by atoms with van der Waals surface area (Å²) in [5, 5.41) is 9.76. The number of ketones is 1. The van der Waals surface area contributed by atoms with Gasteiger partial charge in [0.05, 0.1) is 10.0 Å². The Hall–Kier alpha value is -2.49. The van der Waals surface area contributed by atoms with Gasteiger partial charge < -0.3 is 4.74 Å². The molecule has 3 nitrogen and oxygen atoms in total. The Morgan fingerprint density at radius 2 is 1.72 bits per heavy atom. The maximum absolute atomic E-state index is 12.3. The number of carbonyl (C=O) groups is 1. The number of hydrogen-bond acceptors (Lipinski definition) is 3. The zero-order valence-electron chi connectivity index (χ0n) is 12.3. The van der Waals surface area contributed by atoms with Gasteiger partial charge in [-0.3, -0.25) is 4.79 Å². The van der Waals surface area contributed by atoms with Crippen LogP contribution in [0.4, 0.5) is 13.2 Å². The van der Waals surface area contributed by atoms with E-state index >= 15 is 0 Å². The van der Waals surface area contributed by atoms with Gasteiger partial charge in [0.25, 0.3) is 0 Å². The van der Waals surface area contributed by atoms with E-state index in [1.54, 1.807) is 12.1 Å². The lowest BCUT2D eigenvalue weighted by molar-refractivity contribution is -0.274. The lowest BCUT2D eigenvalue weighted by atomic mass is 10.0. The molecule has 0 N–H and O–H groups in total. The molecule has 0 aliphatic heterocycles. The molecule has 128 valence electrons. The normalized spacial score (nSPS) is 11.8. The first-order valence-corrected chi connectivity index (χ1v) is 7.42. The zero-order valence-corrected chi connectivity index (χ0v) is 13.8. The number of allylic oxidation sites excluding steroid dienone is 1. The van der Waals surface area contributed by atoms with E-state index in [4.69, 9.17) is 23.2 Å². The van der Waals surface area contributed by atoms with E-state index < -0.39 is 17.9 Å². The molecule has 0 fully saturated rings. The predicted molar refractivity (Wildman–Crippen MR) is 87.5 cm³/mol. The molecule has 0 bridgehead atoms. The number of nitrogens with zero attached hydrogens (tertiary/aromatic N) is 1. The Bertz CT molecular complexity index is 869. The summed E-state index contributed by atoms with van der Waals surface area (Å²) in [5.74, 6) is -1.11. The molecule has 0 aliphatic carbocycles. The minimum absolute atomic E-state index is 0.0439. The van der Waals surface area contributed by atoms with Crippen molar-refractivity contribution in [2.45, 2.75) is 6.36 Å². The standard InChI is InChI=1S/C17H8Cl2F3NO2/c18-14-6-1-10(8-15(14)19)7-12(9-23)16(24)11-2-4-13(5-3-11)25-17(20,21)22/h1-8H/b12-7-. The molecule has 0 saturated carbocycles. The Kier molecular flexibility index (Phi) is 5.73. The predicted octanol–water partition coefficient (Wildman–Crippen LogP) is 5.68. The third-order valence-corrected chi connectivity index (χ3v) is 3.71. The summed E-state index contributed by atoms with van der Waals surface area (Å²) in [7, 11) is 0. The highest BCUT2D eigenvalue weighted by Gasteiger charge is 2.31. The van der Waals surface area contributed by atoms with Crippen LogP contribution in [0.5, 0.6) is 5.75 Å². The van der Waals surface area contributed by atoms with Crippen LogP contribution in [0.25, 0.3) is 6.08 Å². The molecule has 0 aromatic heterocycles. The Morgan fingerprint density at radius 3 is 2.24 bits per heavy atom. The molecule has 0 heterocycles. The maximum atomic E-state index is 12.3. The number of hydrogen-bond donors (Lipinski definition) is 0. The van der Waals surface area contributed by atoms with Gasteiger partial charge in [-0.25, -0.2) is 0 Å². The third kappa shape index (κ3) is 5.24. The second-order valence-electron chi connectivity index (χ2n) is 4.74. The van der Waals surface area contributed by atoms with Crippen molar-refractivity contribution in [3.8, 4) is 11.8 Å². The summed E-state index contributed by atoms with van der Waals surface area (Å²) in [5.41, 5.74) is 0.321. The number of halogens is 5. The summed E-state index contributed by atoms with van der Waals surface area (Å²) in [6.45, 7) is 0. The fraction of sp³-hybridized carbons (Fsp3) is 0.0588. The highest BCUT2D eigenvalue weighted by atomic mass is 35.5. The third-order valence-electron chi connectivity index (χ3n) is 2.97. The van der Waals surface area contributed by atoms with E-state index in [0.29, 0.717) is 10.6 Å². The monoisotopic (exact) mass is 385 g/mol. The number of alkyl halides is 3. The van der Waals surface area contributed by atoms with Crippen LogP contribution in [0.2, 0.25) is 10.0 Å². The van der Waals surface area contributed by atoms with Crippen LogP contribution in [0.1, 0.15) is 15.9 Å². The SMILES string of the molecule is N#C/C(=C/c1ccc(Cl)c(Cl)c1)C(=O)c1ccc(OC(F)(F)F)cc1. The number of benzene rings is 2. The van der Waals surface area contributed by atoms with Crippen LogP contribution >= 0.6 is 23.2 Å². The quantitative estimate of drug-likeness (QED) is 0.386. The molecule has 2 aromatic carbocycles. The van der Waals surface area contributed by atoms with Gasteiger partial charge in [-0.2, -0.15) is 5.26 Å². The maximum Gasteiger partial charge on any atom is 0.573 e. The second kappa shape index (κ2) is 7.60. The van der Waals surface area contributed by atoms with E-state index in [-0.39, 0.29) is 16.2 Å². The largest absolute Gasteiger partial charge is 0.573 e. The zero-order chi connectivity index (χ0) is 18.6. The van der Waals surface area contributed by atoms with Crippen molar-refractivity contribution < 1.29 is 22.7 Å². The van der Waals surface area contributed by atoms with Crippen molar-refractivity contribution in [2.75, 3.05) is 0 Å². The minimum atomic E-state index is -4.82. The molecule has 2 rings (SSSR count). The van der Waals surface area contributed by atoms with Crippen LogP contribution < -0.4 is 4.74 Å². The Balaban J connectivity index is 2.26. The van der Waals surface area contributed by atoms with Crippen LogP contribution in [-0.2, 0) is 0 Å². The van der Waals surface area contributed by atoms with Gasteiger partial charge >= 0.3 is 6.36 Å². The van der Waals surface area contributed by atoms with Crippen molar-refractivity contribution >= 4 is 35.1 Å². The van der Waals surface area contributed by atoms with E-state index in [0.717, 1.165) is 24.3 Å². The minimum Gasteiger partial charge on any atom is -0.406 e. The lowest BCUT2D eigenvalue weighted by Crippen LogP contribution is -2.17. The number of carbonyl (C=O) groups excluding carboxylic acids is 1. The summed E-state index contributed by atoms with van der Waals surface area (Å²) in [6.07, 6.45) is -3.51. The molecule has 0 aliphatic rings. The van der Waals surface area contributed by atoms with Gasteiger partial charge in [0.2, 0.25) is 5.78 Å². The average Bonchev–Trinajstić information content (AvgIpc) is 2.54. The van der Waals surface area contributed by atoms with Crippen molar-refractivity contribution in [2.24, 2.45) is 0 Å². The molecule has 0 spiro atoms. The molecule has 0 amide bonds. The smallest absolute Gasteiger partial charge is 0.406 e. The molecule has 0 saturated heterocycles. The summed E-state index contributed by atoms with van der Waals surface area (Å²) >= 11 is 11.7. The molecule has 25 heavy (non-hydrogen) atoms. The first-order chi connectivity index (χ1) is 11.7. The van der Waals surface area contributed by atoms with Crippen LogP contribution in [-0.4, -0.2) is 12.1 Å². The van der Waals surface area contributed by atoms with Crippen molar-refractivity contribution in [3.63, 3.8) is 0 Å². The lowest BCUT2D eigenvalue weighted by Gasteiger charge is -2.08. The molecule has 0 atom stereocenters. The van der Waals surface area contributed by atoms with Crippen molar-refractivity contribution in [3.05, 3.63) is 69.2 Å². The summed E-state index contributed by atoms with van der Waals surface area (Å²) in [4.78, 5) is 12.3. The van der Waals surface area contributed by atoms with Crippen molar-refractivity contribution in [1.82, 2.24) is 0 Å². The van der Waals surface area contributed by atoms with E-state index in [2.05, 4.69) is 4.74 Å². The first kappa shape index (κ1) is 18.8.